The van der Waals surface area contributed by atoms with Gasteiger partial charge in [-0.25, -0.2) is 0 Å². The molecule has 2 saturated heterocycles. The molecule has 0 spiro atoms. The molecule has 2 fully saturated rings. The Morgan fingerprint density at radius 2 is 1.18 bits per heavy atom. The van der Waals surface area contributed by atoms with E-state index in [9.17, 15) is 0 Å². The molecular formula is C26H52N2. The SMILES string of the molecule is CCC(C)(C)C(C)(C)C1CCN(C(C)(C)CC(C)(C)C2CCN(C)CC2)CC1. The third kappa shape index (κ3) is 5.15. The molecule has 0 saturated carbocycles. The molecule has 28 heavy (non-hydrogen) atoms. The standard InChI is InChI=1S/C26H52N2/c1-11-24(4,5)26(8,9)22-14-18-28(19-15-22)25(6,7)20-23(2,3)21-12-16-27(10)17-13-21/h21-22H,11-20H2,1-10H3. The van der Waals surface area contributed by atoms with Gasteiger partial charge in [-0.1, -0.05) is 54.9 Å². The second-order valence-corrected chi connectivity index (χ2v) is 12.8. The minimum atomic E-state index is 0.308. The van der Waals surface area contributed by atoms with Crippen molar-refractivity contribution in [3.8, 4) is 0 Å². The fraction of sp³-hybridized carbons (Fsp3) is 1.00. The summed E-state index contributed by atoms with van der Waals surface area (Å²) in [5, 5.41) is 0. The summed E-state index contributed by atoms with van der Waals surface area (Å²) in [6.07, 6.45) is 8.09. The van der Waals surface area contributed by atoms with Crippen LogP contribution in [0.2, 0.25) is 0 Å². The van der Waals surface area contributed by atoms with Crippen molar-refractivity contribution in [2.75, 3.05) is 33.2 Å². The van der Waals surface area contributed by atoms with Gasteiger partial charge >= 0.3 is 0 Å². The van der Waals surface area contributed by atoms with Gasteiger partial charge in [0, 0.05) is 5.54 Å². The highest BCUT2D eigenvalue weighted by molar-refractivity contribution is 4.97. The molecule has 0 aromatic carbocycles. The van der Waals surface area contributed by atoms with E-state index >= 15 is 0 Å². The summed E-state index contributed by atoms with van der Waals surface area (Å²) in [6.45, 7) is 27.6. The lowest BCUT2D eigenvalue weighted by Crippen LogP contribution is -2.53. The molecule has 2 rings (SSSR count). The largest absolute Gasteiger partial charge is 0.306 e. The second kappa shape index (κ2) is 8.58. The zero-order chi connectivity index (χ0) is 21.4. The van der Waals surface area contributed by atoms with Crippen LogP contribution in [-0.4, -0.2) is 48.6 Å². The molecular weight excluding hydrogens is 340 g/mol. The van der Waals surface area contributed by atoms with E-state index in [1.807, 2.05) is 0 Å². The molecule has 2 heteroatoms. The first kappa shape index (κ1) is 24.2. The lowest BCUT2D eigenvalue weighted by Gasteiger charge is -2.53. The number of hydrogen-bond donors (Lipinski definition) is 0. The first-order valence-electron chi connectivity index (χ1n) is 12.2. The maximum Gasteiger partial charge on any atom is 0.0158 e. The van der Waals surface area contributed by atoms with Gasteiger partial charge in [0.1, 0.15) is 0 Å². The Bertz CT molecular complexity index is 487. The zero-order valence-corrected chi connectivity index (χ0v) is 21.1. The Hall–Kier alpha value is -0.0800. The van der Waals surface area contributed by atoms with Crippen molar-refractivity contribution < 1.29 is 0 Å². The quantitative estimate of drug-likeness (QED) is 0.476. The van der Waals surface area contributed by atoms with Gasteiger partial charge in [-0.15, -0.1) is 0 Å². The first-order valence-corrected chi connectivity index (χ1v) is 12.2. The van der Waals surface area contributed by atoms with Crippen molar-refractivity contribution in [1.82, 2.24) is 9.80 Å². The molecule has 0 aliphatic carbocycles. The van der Waals surface area contributed by atoms with E-state index in [-0.39, 0.29) is 0 Å². The van der Waals surface area contributed by atoms with Gasteiger partial charge in [0.2, 0.25) is 0 Å². The normalized spacial score (nSPS) is 23.4. The van der Waals surface area contributed by atoms with Gasteiger partial charge in [0.15, 0.2) is 0 Å². The van der Waals surface area contributed by atoms with Gasteiger partial charge in [0.25, 0.3) is 0 Å². The molecule has 0 aromatic heterocycles. The van der Waals surface area contributed by atoms with Crippen molar-refractivity contribution in [2.24, 2.45) is 28.1 Å². The van der Waals surface area contributed by atoms with E-state index in [1.54, 1.807) is 0 Å². The Morgan fingerprint density at radius 1 is 0.714 bits per heavy atom. The van der Waals surface area contributed by atoms with E-state index in [0.29, 0.717) is 21.8 Å². The number of hydrogen-bond acceptors (Lipinski definition) is 2. The van der Waals surface area contributed by atoms with Crippen LogP contribution in [0.5, 0.6) is 0 Å². The smallest absolute Gasteiger partial charge is 0.0158 e. The Morgan fingerprint density at radius 3 is 1.64 bits per heavy atom. The van der Waals surface area contributed by atoms with Crippen LogP contribution in [0.1, 0.15) is 101 Å². The first-order chi connectivity index (χ1) is 12.7. The Kier molecular flexibility index (Phi) is 7.41. The molecule has 0 atom stereocenters. The van der Waals surface area contributed by atoms with Crippen LogP contribution in [0.3, 0.4) is 0 Å². The molecule has 2 aliphatic heterocycles. The van der Waals surface area contributed by atoms with Gasteiger partial charge < -0.3 is 4.90 Å². The predicted octanol–water partition coefficient (Wildman–Crippen LogP) is 6.70. The third-order valence-electron chi connectivity index (χ3n) is 9.71. The molecule has 0 unspecified atom stereocenters. The maximum atomic E-state index is 2.83. The molecule has 0 bridgehead atoms. The second-order valence-electron chi connectivity index (χ2n) is 12.8. The van der Waals surface area contributed by atoms with Gasteiger partial charge in [0.05, 0.1) is 0 Å². The highest BCUT2D eigenvalue weighted by Crippen LogP contribution is 2.51. The highest BCUT2D eigenvalue weighted by Gasteiger charge is 2.45. The van der Waals surface area contributed by atoms with E-state index in [4.69, 9.17) is 0 Å². The van der Waals surface area contributed by atoms with Gasteiger partial charge in [-0.3, -0.25) is 4.90 Å². The van der Waals surface area contributed by atoms with Crippen LogP contribution in [-0.2, 0) is 0 Å². The summed E-state index contributed by atoms with van der Waals surface area (Å²) in [4.78, 5) is 5.33. The lowest BCUT2D eigenvalue weighted by molar-refractivity contribution is -0.0346. The van der Waals surface area contributed by atoms with Gasteiger partial charge in [-0.05, 0) is 107 Å². The van der Waals surface area contributed by atoms with Crippen LogP contribution >= 0.6 is 0 Å². The van der Waals surface area contributed by atoms with Crippen LogP contribution in [0.25, 0.3) is 0 Å². The fourth-order valence-corrected chi connectivity index (χ4v) is 6.38. The van der Waals surface area contributed by atoms with E-state index in [2.05, 4.69) is 79.2 Å². The fourth-order valence-electron chi connectivity index (χ4n) is 6.38. The van der Waals surface area contributed by atoms with Crippen LogP contribution in [0.15, 0.2) is 0 Å². The maximum absolute atomic E-state index is 2.83. The number of rotatable bonds is 7. The topological polar surface area (TPSA) is 6.48 Å². The minimum Gasteiger partial charge on any atom is -0.306 e. The van der Waals surface area contributed by atoms with Crippen molar-refractivity contribution >= 4 is 0 Å². The summed E-state index contributed by atoms with van der Waals surface area (Å²) in [5.41, 5.74) is 1.59. The molecule has 0 amide bonds. The van der Waals surface area contributed by atoms with E-state index < -0.39 is 0 Å². The third-order valence-corrected chi connectivity index (χ3v) is 9.71. The van der Waals surface area contributed by atoms with Crippen molar-refractivity contribution in [1.29, 1.82) is 0 Å². The monoisotopic (exact) mass is 392 g/mol. The summed E-state index contributed by atoms with van der Waals surface area (Å²) < 4.78 is 0. The number of piperidine rings is 2. The van der Waals surface area contributed by atoms with Crippen molar-refractivity contribution in [3.63, 3.8) is 0 Å². The van der Waals surface area contributed by atoms with Crippen molar-refractivity contribution in [2.45, 2.75) is 106 Å². The Labute approximate surface area is 177 Å². The molecule has 166 valence electrons. The Balaban J connectivity index is 1.97. The number of likely N-dealkylation sites (tertiary alicyclic amines) is 2. The highest BCUT2D eigenvalue weighted by atomic mass is 15.2. The molecule has 0 radical (unpaired) electrons. The van der Waals surface area contributed by atoms with Crippen molar-refractivity contribution in [3.05, 3.63) is 0 Å². The predicted molar refractivity (Wildman–Crippen MR) is 125 cm³/mol. The lowest BCUT2D eigenvalue weighted by atomic mass is 9.58. The van der Waals surface area contributed by atoms with E-state index in [1.165, 1.54) is 64.7 Å². The summed E-state index contributed by atoms with van der Waals surface area (Å²) in [7, 11) is 2.28. The average Bonchev–Trinajstić information content (AvgIpc) is 2.61. The van der Waals surface area contributed by atoms with E-state index in [0.717, 1.165) is 11.8 Å². The molecule has 0 aromatic rings. The molecule has 2 aliphatic rings. The van der Waals surface area contributed by atoms with Crippen LogP contribution in [0.4, 0.5) is 0 Å². The van der Waals surface area contributed by atoms with Gasteiger partial charge in [-0.2, -0.15) is 0 Å². The average molecular weight is 393 g/mol. The summed E-state index contributed by atoms with van der Waals surface area (Å²) in [6, 6.07) is 0. The summed E-state index contributed by atoms with van der Waals surface area (Å²) >= 11 is 0. The molecule has 2 heterocycles. The number of nitrogens with zero attached hydrogens (tertiary/aromatic N) is 2. The van der Waals surface area contributed by atoms with Crippen LogP contribution < -0.4 is 0 Å². The summed E-state index contributed by atoms with van der Waals surface area (Å²) in [5.74, 6) is 1.74. The molecule has 2 nitrogen and oxygen atoms in total. The van der Waals surface area contributed by atoms with Crippen LogP contribution in [0, 0.1) is 28.1 Å². The minimum absolute atomic E-state index is 0.308. The molecule has 0 N–H and O–H groups in total. The zero-order valence-electron chi connectivity index (χ0n) is 21.1.